The van der Waals surface area contributed by atoms with Crippen molar-refractivity contribution in [2.45, 2.75) is 117 Å². The summed E-state index contributed by atoms with van der Waals surface area (Å²) in [5.41, 5.74) is 5.28. The van der Waals surface area contributed by atoms with Crippen LogP contribution in [0.3, 0.4) is 0 Å². The molecule has 2 N–H and O–H groups in total. The highest BCUT2D eigenvalue weighted by Crippen LogP contribution is 2.38. The van der Waals surface area contributed by atoms with E-state index in [9.17, 15) is 4.79 Å². The molecular weight excluding hydrogens is 361 g/mol. The summed E-state index contributed by atoms with van der Waals surface area (Å²) >= 11 is 6.16. The fourth-order valence-corrected chi connectivity index (χ4v) is 5.99. The van der Waals surface area contributed by atoms with Crippen LogP contribution in [0.15, 0.2) is 0 Å². The first kappa shape index (κ1) is 28.4. The van der Waals surface area contributed by atoms with Gasteiger partial charge in [-0.1, -0.05) is 79.6 Å². The normalized spacial score (nSPS) is 11.3. The van der Waals surface area contributed by atoms with E-state index in [0.717, 1.165) is 25.7 Å². The summed E-state index contributed by atoms with van der Waals surface area (Å²) in [6, 6.07) is 0. The minimum Gasteiger partial charge on any atom is -0.368 e. The third-order valence-electron chi connectivity index (χ3n) is 4.78. The third-order valence-corrected chi connectivity index (χ3v) is 8.19. The Bertz CT molecular complexity index is 285. The summed E-state index contributed by atoms with van der Waals surface area (Å²) in [6.45, 7) is 11.1. The lowest BCUT2D eigenvalue weighted by atomic mass is 9.94. The van der Waals surface area contributed by atoms with Crippen LogP contribution in [0.4, 0.5) is 0 Å². The number of amides is 1. The van der Waals surface area contributed by atoms with E-state index >= 15 is 0 Å². The molecule has 0 unspecified atom stereocenters. The molecule has 0 rings (SSSR count). The average molecular weight is 408 g/mol. The zero-order valence-electron chi connectivity index (χ0n) is 18.4. The number of alkyl halides is 1. The predicted octanol–water partition coefficient (Wildman–Crippen LogP) is 7.70. The van der Waals surface area contributed by atoms with Crippen molar-refractivity contribution in [1.82, 2.24) is 0 Å². The minimum absolute atomic E-state index is 0.365. The van der Waals surface area contributed by atoms with Crippen molar-refractivity contribution < 1.29 is 4.79 Å². The van der Waals surface area contributed by atoms with E-state index in [4.69, 9.17) is 17.3 Å². The van der Waals surface area contributed by atoms with Crippen molar-refractivity contribution >= 4 is 25.4 Å². The van der Waals surface area contributed by atoms with Gasteiger partial charge in [0, 0.05) is 0 Å². The van der Waals surface area contributed by atoms with Crippen molar-refractivity contribution in [3.63, 3.8) is 0 Å². The van der Waals surface area contributed by atoms with Crippen LogP contribution in [-0.4, -0.2) is 29.3 Å². The summed E-state index contributed by atoms with van der Waals surface area (Å²) in [5.74, 6) is -0.365. The topological polar surface area (TPSA) is 43.1 Å². The van der Waals surface area contributed by atoms with Crippen molar-refractivity contribution in [2.75, 3.05) is 18.5 Å². The van der Waals surface area contributed by atoms with E-state index in [-0.39, 0.29) is 5.91 Å². The van der Waals surface area contributed by atoms with Gasteiger partial charge in [0.05, 0.1) is 0 Å². The van der Waals surface area contributed by atoms with Gasteiger partial charge < -0.3 is 5.73 Å². The molecule has 0 aromatic carbocycles. The highest BCUT2D eigenvalue weighted by atomic mass is 35.5. The molecule has 4 heteroatoms. The lowest BCUT2D eigenvalue weighted by Crippen LogP contribution is -2.38. The second-order valence-electron chi connectivity index (χ2n) is 7.44. The molecule has 0 fully saturated rings. The van der Waals surface area contributed by atoms with Gasteiger partial charge in [-0.05, 0) is 50.6 Å². The fourth-order valence-electron chi connectivity index (χ4n) is 2.77. The largest absolute Gasteiger partial charge is 0.368 e. The second kappa shape index (κ2) is 19.9. The van der Waals surface area contributed by atoms with Crippen LogP contribution in [0.25, 0.3) is 0 Å². The number of carbonyl (C=O) groups is 1. The maximum absolute atomic E-state index is 11.1. The predicted molar refractivity (Wildman–Crippen MR) is 123 cm³/mol. The van der Waals surface area contributed by atoms with Crippen molar-refractivity contribution in [3.8, 4) is 0 Å². The maximum Gasteiger partial charge on any atom is 0.238 e. The van der Waals surface area contributed by atoms with E-state index in [0.29, 0.717) is 20.8 Å². The number of hydrogen-bond donors (Lipinski definition) is 1. The molecule has 0 aliphatic rings. The van der Waals surface area contributed by atoms with Gasteiger partial charge in [0.25, 0.3) is 0 Å². The molecule has 0 aromatic heterocycles. The Morgan fingerprint density at radius 1 is 0.731 bits per heavy atom. The average Bonchev–Trinajstić information content (AvgIpc) is 2.64. The molecule has 158 valence electrons. The molecule has 26 heavy (non-hydrogen) atoms. The molecule has 1 amide bonds. The van der Waals surface area contributed by atoms with E-state index in [2.05, 4.69) is 34.6 Å². The van der Waals surface area contributed by atoms with Crippen molar-refractivity contribution in [2.24, 2.45) is 5.73 Å². The van der Waals surface area contributed by atoms with Crippen LogP contribution < -0.4 is 5.73 Å². The smallest absolute Gasteiger partial charge is 0.238 e. The van der Waals surface area contributed by atoms with Gasteiger partial charge in [0.1, 0.15) is 4.87 Å². The summed E-state index contributed by atoms with van der Waals surface area (Å²) in [4.78, 5) is 10.3. The Hall–Kier alpha value is 0.190. The van der Waals surface area contributed by atoms with Gasteiger partial charge in [0.15, 0.2) is 0 Å². The van der Waals surface area contributed by atoms with E-state index in [1.165, 1.54) is 38.5 Å². The minimum atomic E-state index is -0.786. The van der Waals surface area contributed by atoms with Gasteiger partial charge in [0.2, 0.25) is 5.91 Å². The standard InChI is InChI=1S/C12H27P.C10H20ClNO/c1-4-7-10-13(11-8-5-2)12-9-6-3;1-3-5-7-10(11,9(12)13)8-6-4-2/h4-12H2,1-3H3;3-8H2,1-2H3,(H2,12,13). The van der Waals surface area contributed by atoms with Crippen LogP contribution >= 0.6 is 19.5 Å². The molecule has 0 saturated heterocycles. The number of carbonyl (C=O) groups excluding carboxylic acids is 1. The zero-order valence-corrected chi connectivity index (χ0v) is 20.1. The van der Waals surface area contributed by atoms with E-state index in [1.54, 1.807) is 18.5 Å². The van der Waals surface area contributed by atoms with Crippen LogP contribution in [0.2, 0.25) is 0 Å². The molecule has 0 aliphatic heterocycles. The van der Waals surface area contributed by atoms with Gasteiger partial charge in [-0.25, -0.2) is 0 Å². The van der Waals surface area contributed by atoms with E-state index in [1.807, 2.05) is 0 Å². The van der Waals surface area contributed by atoms with E-state index < -0.39 is 4.87 Å². The Kier molecular flexibility index (Phi) is 21.8. The Morgan fingerprint density at radius 2 is 1.04 bits per heavy atom. The number of rotatable bonds is 16. The SMILES string of the molecule is CCCCC(Cl)(CCCC)C(N)=O.CCCCP(CCCC)CCCC. The number of hydrogen-bond acceptors (Lipinski definition) is 1. The molecule has 2 nitrogen and oxygen atoms in total. The third kappa shape index (κ3) is 16.4. The Balaban J connectivity index is 0. The van der Waals surface area contributed by atoms with Crippen molar-refractivity contribution in [1.29, 1.82) is 0 Å². The quantitative estimate of drug-likeness (QED) is 0.206. The fraction of sp³-hybridized carbons (Fsp3) is 0.955. The number of primary amides is 1. The first-order valence-corrected chi connectivity index (χ1v) is 13.4. The highest BCUT2D eigenvalue weighted by Gasteiger charge is 2.32. The highest BCUT2D eigenvalue weighted by molar-refractivity contribution is 7.57. The van der Waals surface area contributed by atoms with Gasteiger partial charge in [-0.3, -0.25) is 4.79 Å². The Morgan fingerprint density at radius 3 is 1.27 bits per heavy atom. The van der Waals surface area contributed by atoms with Crippen molar-refractivity contribution in [3.05, 3.63) is 0 Å². The lowest BCUT2D eigenvalue weighted by molar-refractivity contribution is -0.121. The number of nitrogens with two attached hydrogens (primary N) is 1. The first-order chi connectivity index (χ1) is 12.4. The first-order valence-electron chi connectivity index (χ1n) is 11.1. The summed E-state index contributed by atoms with van der Waals surface area (Å²) in [5, 5.41) is 0. The van der Waals surface area contributed by atoms with Crippen LogP contribution in [0.5, 0.6) is 0 Å². The number of unbranched alkanes of at least 4 members (excludes halogenated alkanes) is 5. The summed E-state index contributed by atoms with van der Waals surface area (Å²) in [7, 11) is 0.422. The maximum atomic E-state index is 11.1. The van der Waals surface area contributed by atoms with Gasteiger partial charge in [-0.2, -0.15) is 0 Å². The molecular formula is C22H47ClNOP. The second-order valence-corrected chi connectivity index (χ2v) is 10.8. The molecule has 0 aliphatic carbocycles. The molecule has 0 atom stereocenters. The molecule has 0 bridgehead atoms. The van der Waals surface area contributed by atoms with Crippen LogP contribution in [0.1, 0.15) is 112 Å². The molecule has 0 radical (unpaired) electrons. The van der Waals surface area contributed by atoms with Crippen LogP contribution in [-0.2, 0) is 4.79 Å². The molecule has 0 heterocycles. The van der Waals surface area contributed by atoms with Gasteiger partial charge >= 0.3 is 0 Å². The zero-order chi connectivity index (χ0) is 20.3. The molecule has 0 saturated carbocycles. The molecule has 0 spiro atoms. The Labute approximate surface area is 171 Å². The number of halogens is 1. The summed E-state index contributed by atoms with van der Waals surface area (Å²) < 4.78 is 0. The van der Waals surface area contributed by atoms with Crippen LogP contribution in [0, 0.1) is 0 Å². The monoisotopic (exact) mass is 407 g/mol. The van der Waals surface area contributed by atoms with Gasteiger partial charge in [-0.15, -0.1) is 19.5 Å². The summed E-state index contributed by atoms with van der Waals surface area (Å²) in [6.07, 6.45) is 18.7. The molecule has 0 aromatic rings. The lowest BCUT2D eigenvalue weighted by Gasteiger charge is -2.22.